The summed E-state index contributed by atoms with van der Waals surface area (Å²) < 4.78 is 28.4. The first-order valence-corrected chi connectivity index (χ1v) is 10.4. The Bertz CT molecular complexity index is 1080. The fourth-order valence-corrected chi connectivity index (χ4v) is 3.96. The molecule has 0 heterocycles. The normalized spacial score (nSPS) is 11.0. The van der Waals surface area contributed by atoms with E-state index < -0.39 is 10.0 Å². The molecular formula is C20H17BrN2O3S. The fourth-order valence-electron chi connectivity index (χ4n) is 2.43. The molecule has 7 heteroatoms. The summed E-state index contributed by atoms with van der Waals surface area (Å²) in [5.41, 5.74) is 2.06. The molecule has 0 aliphatic carbocycles. The Morgan fingerprint density at radius 2 is 1.56 bits per heavy atom. The molecule has 5 nitrogen and oxygen atoms in total. The molecule has 3 aromatic carbocycles. The summed E-state index contributed by atoms with van der Waals surface area (Å²) in [5.74, 6) is -0.331. The highest BCUT2D eigenvalue weighted by molar-refractivity contribution is 9.10. The number of carbonyl (C=O) groups excluding carboxylic acids is 1. The maximum Gasteiger partial charge on any atom is 0.261 e. The van der Waals surface area contributed by atoms with E-state index in [4.69, 9.17) is 0 Å². The van der Waals surface area contributed by atoms with Gasteiger partial charge in [-0.05, 0) is 64.8 Å². The average Bonchev–Trinajstić information content (AvgIpc) is 2.66. The largest absolute Gasteiger partial charge is 0.321 e. The van der Waals surface area contributed by atoms with Crippen molar-refractivity contribution in [1.82, 2.24) is 0 Å². The molecule has 1 amide bonds. The van der Waals surface area contributed by atoms with Crippen molar-refractivity contribution in [3.8, 4) is 0 Å². The van der Waals surface area contributed by atoms with Crippen LogP contribution in [0.3, 0.4) is 0 Å². The number of sulfonamides is 1. The molecule has 138 valence electrons. The third-order valence-corrected chi connectivity index (χ3v) is 5.99. The van der Waals surface area contributed by atoms with Crippen molar-refractivity contribution in [3.63, 3.8) is 0 Å². The van der Waals surface area contributed by atoms with Gasteiger partial charge in [-0.1, -0.05) is 36.4 Å². The second-order valence-electron chi connectivity index (χ2n) is 5.88. The van der Waals surface area contributed by atoms with E-state index in [2.05, 4.69) is 26.0 Å². The molecule has 3 rings (SSSR count). The van der Waals surface area contributed by atoms with Gasteiger partial charge in [-0.25, -0.2) is 8.42 Å². The lowest BCUT2D eigenvalue weighted by molar-refractivity contribution is 0.102. The first-order valence-electron chi connectivity index (χ1n) is 8.11. The fraction of sp³-hybridized carbons (Fsp3) is 0.0500. The molecule has 0 saturated carbocycles. The number of para-hydroxylation sites is 1. The topological polar surface area (TPSA) is 75.3 Å². The molecule has 0 aliphatic heterocycles. The molecule has 2 N–H and O–H groups in total. The minimum absolute atomic E-state index is 0.160. The number of amides is 1. The Labute approximate surface area is 166 Å². The summed E-state index contributed by atoms with van der Waals surface area (Å²) in [6.45, 7) is 1.78. The van der Waals surface area contributed by atoms with Crippen LogP contribution in [0, 0.1) is 6.92 Å². The molecule has 27 heavy (non-hydrogen) atoms. The molecule has 0 aromatic heterocycles. The van der Waals surface area contributed by atoms with Gasteiger partial charge in [0.1, 0.15) is 0 Å². The van der Waals surface area contributed by atoms with Crippen LogP contribution >= 0.6 is 15.9 Å². The van der Waals surface area contributed by atoms with Crippen LogP contribution in [0.15, 0.2) is 82.2 Å². The summed E-state index contributed by atoms with van der Waals surface area (Å²) in [6.07, 6.45) is 0. The van der Waals surface area contributed by atoms with Gasteiger partial charge in [0, 0.05) is 10.0 Å². The van der Waals surface area contributed by atoms with Gasteiger partial charge >= 0.3 is 0 Å². The number of carbonyl (C=O) groups is 1. The number of nitrogens with one attached hydrogen (secondary N) is 2. The third kappa shape index (κ3) is 4.56. The lowest BCUT2D eigenvalue weighted by Gasteiger charge is -2.13. The number of halogens is 1. The molecule has 0 spiro atoms. The minimum atomic E-state index is -3.73. The van der Waals surface area contributed by atoms with E-state index in [1.165, 1.54) is 18.2 Å². The van der Waals surface area contributed by atoms with Crippen molar-refractivity contribution < 1.29 is 13.2 Å². The van der Waals surface area contributed by atoms with Crippen molar-refractivity contribution >= 4 is 43.2 Å². The molecule has 3 aromatic rings. The van der Waals surface area contributed by atoms with Crippen molar-refractivity contribution in [2.75, 3.05) is 10.0 Å². The maximum atomic E-state index is 12.6. The van der Waals surface area contributed by atoms with Crippen LogP contribution in [0.25, 0.3) is 0 Å². The Hall–Kier alpha value is -2.64. The van der Waals surface area contributed by atoms with E-state index in [0.717, 1.165) is 4.47 Å². The SMILES string of the molecule is Cc1ccc(C(=O)Nc2ccccc2Br)cc1NS(=O)(=O)c1ccccc1. The lowest BCUT2D eigenvalue weighted by Crippen LogP contribution is -2.16. The molecular weight excluding hydrogens is 428 g/mol. The van der Waals surface area contributed by atoms with Gasteiger partial charge in [0.15, 0.2) is 0 Å². The van der Waals surface area contributed by atoms with Crippen molar-refractivity contribution in [2.24, 2.45) is 0 Å². The van der Waals surface area contributed by atoms with E-state index in [0.29, 0.717) is 22.5 Å². The molecule has 0 unspecified atom stereocenters. The van der Waals surface area contributed by atoms with Gasteiger partial charge in [-0.3, -0.25) is 9.52 Å². The summed E-state index contributed by atoms with van der Waals surface area (Å²) in [5, 5.41) is 2.80. The van der Waals surface area contributed by atoms with E-state index in [9.17, 15) is 13.2 Å². The van der Waals surface area contributed by atoms with Crippen LogP contribution in [0.1, 0.15) is 15.9 Å². The van der Waals surface area contributed by atoms with Gasteiger partial charge in [-0.2, -0.15) is 0 Å². The van der Waals surface area contributed by atoms with Gasteiger partial charge < -0.3 is 5.32 Å². The van der Waals surface area contributed by atoms with Gasteiger partial charge in [0.2, 0.25) is 0 Å². The van der Waals surface area contributed by atoms with E-state index in [1.54, 1.807) is 43.3 Å². The van der Waals surface area contributed by atoms with Crippen LogP contribution in [-0.4, -0.2) is 14.3 Å². The molecule has 0 atom stereocenters. The predicted octanol–water partition coefficient (Wildman–Crippen LogP) is 4.81. The van der Waals surface area contributed by atoms with Crippen LogP contribution in [0.4, 0.5) is 11.4 Å². The summed E-state index contributed by atoms with van der Waals surface area (Å²) in [6, 6.07) is 20.2. The maximum absolute atomic E-state index is 12.6. The van der Waals surface area contributed by atoms with Crippen LogP contribution in [-0.2, 0) is 10.0 Å². The van der Waals surface area contributed by atoms with E-state index in [1.807, 2.05) is 18.2 Å². The highest BCUT2D eigenvalue weighted by Gasteiger charge is 2.16. The van der Waals surface area contributed by atoms with Crippen LogP contribution in [0.5, 0.6) is 0 Å². The zero-order valence-electron chi connectivity index (χ0n) is 14.4. The summed E-state index contributed by atoms with van der Waals surface area (Å²) in [7, 11) is -3.73. The second kappa shape index (κ2) is 7.94. The standard InChI is InChI=1S/C20H17BrN2O3S/c1-14-11-12-15(20(24)22-18-10-6-5-9-17(18)21)13-19(14)23-27(25,26)16-7-3-2-4-8-16/h2-13,23H,1H3,(H,22,24). The highest BCUT2D eigenvalue weighted by atomic mass is 79.9. The zero-order chi connectivity index (χ0) is 19.4. The summed E-state index contributed by atoms with van der Waals surface area (Å²) in [4.78, 5) is 12.7. The molecule has 0 aliphatic rings. The van der Waals surface area contributed by atoms with Crippen molar-refractivity contribution in [3.05, 3.63) is 88.4 Å². The minimum Gasteiger partial charge on any atom is -0.321 e. The first kappa shape index (κ1) is 19.1. The Morgan fingerprint density at radius 1 is 0.889 bits per heavy atom. The van der Waals surface area contributed by atoms with E-state index in [-0.39, 0.29) is 10.8 Å². The second-order valence-corrected chi connectivity index (χ2v) is 8.42. The average molecular weight is 445 g/mol. The number of hydrogen-bond donors (Lipinski definition) is 2. The van der Waals surface area contributed by atoms with Gasteiger partial charge in [0.05, 0.1) is 16.3 Å². The van der Waals surface area contributed by atoms with Crippen LogP contribution < -0.4 is 10.0 Å². The number of anilines is 2. The first-order chi connectivity index (χ1) is 12.9. The smallest absolute Gasteiger partial charge is 0.261 e. The Morgan fingerprint density at radius 3 is 2.26 bits per heavy atom. The third-order valence-electron chi connectivity index (χ3n) is 3.92. The number of rotatable bonds is 5. The molecule has 0 bridgehead atoms. The van der Waals surface area contributed by atoms with E-state index >= 15 is 0 Å². The number of aryl methyl sites for hydroxylation is 1. The van der Waals surface area contributed by atoms with Crippen molar-refractivity contribution in [2.45, 2.75) is 11.8 Å². The quantitative estimate of drug-likeness (QED) is 0.592. The molecule has 0 radical (unpaired) electrons. The molecule has 0 saturated heterocycles. The predicted molar refractivity (Wildman–Crippen MR) is 111 cm³/mol. The Kier molecular flexibility index (Phi) is 5.62. The highest BCUT2D eigenvalue weighted by Crippen LogP contribution is 2.24. The monoisotopic (exact) mass is 444 g/mol. The van der Waals surface area contributed by atoms with Crippen molar-refractivity contribution in [1.29, 1.82) is 0 Å². The lowest BCUT2D eigenvalue weighted by atomic mass is 10.1. The van der Waals surface area contributed by atoms with Crippen LogP contribution in [0.2, 0.25) is 0 Å². The number of hydrogen-bond acceptors (Lipinski definition) is 3. The van der Waals surface area contributed by atoms with Gasteiger partial charge in [-0.15, -0.1) is 0 Å². The van der Waals surface area contributed by atoms with Gasteiger partial charge in [0.25, 0.3) is 15.9 Å². The Balaban J connectivity index is 1.86. The summed E-state index contributed by atoms with van der Waals surface area (Å²) >= 11 is 3.38. The zero-order valence-corrected chi connectivity index (χ0v) is 16.8. The molecule has 0 fully saturated rings. The number of benzene rings is 3.